The first kappa shape index (κ1) is 18.8. The largest absolute Gasteiger partial charge is 0.341 e. The number of likely N-dealkylation sites (tertiary alicyclic amines) is 1. The summed E-state index contributed by atoms with van der Waals surface area (Å²) in [5, 5.41) is 3.34. The Balaban J connectivity index is 0.00000104. The molecule has 24 heavy (non-hydrogen) atoms. The van der Waals surface area contributed by atoms with Crippen molar-refractivity contribution in [3.63, 3.8) is 0 Å². The Morgan fingerprint density at radius 1 is 1.17 bits per heavy atom. The summed E-state index contributed by atoms with van der Waals surface area (Å²) in [6, 6.07) is 7.81. The van der Waals surface area contributed by atoms with Gasteiger partial charge < -0.3 is 15.2 Å². The van der Waals surface area contributed by atoms with Crippen LogP contribution in [0.5, 0.6) is 0 Å². The van der Waals surface area contributed by atoms with Gasteiger partial charge in [0, 0.05) is 43.7 Å². The zero-order chi connectivity index (χ0) is 14.9. The molecule has 1 aromatic carbocycles. The molecule has 0 spiro atoms. The highest BCUT2D eigenvalue weighted by Gasteiger charge is 2.20. The van der Waals surface area contributed by atoms with Crippen molar-refractivity contribution in [1.82, 2.24) is 20.2 Å². The SMILES string of the molecule is Cl.Cl.O=C(c1cccc(-c2nc3c([nH]2)CNCC3)c1)N1CCCC1. The van der Waals surface area contributed by atoms with Gasteiger partial charge in [-0.25, -0.2) is 4.98 Å². The lowest BCUT2D eigenvalue weighted by atomic mass is 10.1. The van der Waals surface area contributed by atoms with Crippen LogP contribution in [0.25, 0.3) is 11.4 Å². The molecule has 2 aliphatic rings. The van der Waals surface area contributed by atoms with Crippen molar-refractivity contribution < 1.29 is 4.79 Å². The number of imidazole rings is 1. The van der Waals surface area contributed by atoms with Gasteiger partial charge in [0.2, 0.25) is 0 Å². The minimum atomic E-state index is 0. The summed E-state index contributed by atoms with van der Waals surface area (Å²) in [5.74, 6) is 1.00. The van der Waals surface area contributed by atoms with E-state index in [0.717, 1.165) is 73.8 Å². The van der Waals surface area contributed by atoms with Crippen molar-refractivity contribution in [3.8, 4) is 11.4 Å². The summed E-state index contributed by atoms with van der Waals surface area (Å²) >= 11 is 0. The van der Waals surface area contributed by atoms with Crippen molar-refractivity contribution in [2.24, 2.45) is 0 Å². The van der Waals surface area contributed by atoms with E-state index >= 15 is 0 Å². The second-order valence-corrected chi connectivity index (χ2v) is 6.02. The number of carbonyl (C=O) groups excluding carboxylic acids is 1. The van der Waals surface area contributed by atoms with Crippen molar-refractivity contribution in [2.45, 2.75) is 25.8 Å². The third-order valence-corrected chi connectivity index (χ3v) is 4.48. The Morgan fingerprint density at radius 2 is 1.96 bits per heavy atom. The van der Waals surface area contributed by atoms with Crippen LogP contribution in [0.1, 0.15) is 34.6 Å². The third kappa shape index (κ3) is 3.58. The average molecular weight is 369 g/mol. The molecule has 0 radical (unpaired) electrons. The summed E-state index contributed by atoms with van der Waals surface area (Å²) in [5.41, 5.74) is 4.05. The van der Waals surface area contributed by atoms with Gasteiger partial charge in [-0.2, -0.15) is 0 Å². The highest BCUT2D eigenvalue weighted by atomic mass is 35.5. The molecule has 1 saturated heterocycles. The van der Waals surface area contributed by atoms with Gasteiger partial charge in [0.15, 0.2) is 0 Å². The molecule has 2 N–H and O–H groups in total. The second kappa shape index (κ2) is 8.01. The Hall–Kier alpha value is -1.56. The van der Waals surface area contributed by atoms with E-state index in [1.165, 1.54) is 0 Å². The van der Waals surface area contributed by atoms with Gasteiger partial charge in [0.1, 0.15) is 5.82 Å². The second-order valence-electron chi connectivity index (χ2n) is 6.02. The maximum Gasteiger partial charge on any atom is 0.253 e. The van der Waals surface area contributed by atoms with E-state index in [0.29, 0.717) is 0 Å². The average Bonchev–Trinajstić information content (AvgIpc) is 3.23. The number of rotatable bonds is 2. The molecule has 0 bridgehead atoms. The molecule has 0 unspecified atom stereocenters. The van der Waals surface area contributed by atoms with Gasteiger partial charge in [0.25, 0.3) is 5.91 Å². The normalized spacial score (nSPS) is 16.1. The Kier molecular flexibility index (Phi) is 6.27. The first-order valence-electron chi connectivity index (χ1n) is 7.99. The van der Waals surface area contributed by atoms with Crippen LogP contribution in [0.2, 0.25) is 0 Å². The molecule has 0 saturated carbocycles. The van der Waals surface area contributed by atoms with E-state index in [1.54, 1.807) is 0 Å². The zero-order valence-electron chi connectivity index (χ0n) is 13.4. The fourth-order valence-corrected chi connectivity index (χ4v) is 3.26. The highest BCUT2D eigenvalue weighted by Crippen LogP contribution is 2.22. The first-order valence-corrected chi connectivity index (χ1v) is 7.99. The summed E-state index contributed by atoms with van der Waals surface area (Å²) in [4.78, 5) is 22.5. The third-order valence-electron chi connectivity index (χ3n) is 4.48. The number of aromatic nitrogens is 2. The van der Waals surface area contributed by atoms with Crippen LogP contribution in [0.15, 0.2) is 24.3 Å². The predicted molar refractivity (Wildman–Crippen MR) is 99.1 cm³/mol. The van der Waals surface area contributed by atoms with Crippen LogP contribution < -0.4 is 5.32 Å². The van der Waals surface area contributed by atoms with Gasteiger partial charge in [-0.1, -0.05) is 12.1 Å². The molecule has 0 atom stereocenters. The van der Waals surface area contributed by atoms with E-state index in [4.69, 9.17) is 4.98 Å². The van der Waals surface area contributed by atoms with Crippen molar-refractivity contribution >= 4 is 30.7 Å². The zero-order valence-corrected chi connectivity index (χ0v) is 15.0. The van der Waals surface area contributed by atoms with E-state index in [2.05, 4.69) is 10.3 Å². The molecule has 7 heteroatoms. The van der Waals surface area contributed by atoms with E-state index in [9.17, 15) is 4.79 Å². The minimum absolute atomic E-state index is 0. The number of hydrogen-bond donors (Lipinski definition) is 2. The molecule has 5 nitrogen and oxygen atoms in total. The Bertz CT molecular complexity index is 687. The molecule has 4 rings (SSSR count). The summed E-state index contributed by atoms with van der Waals surface area (Å²) in [6.07, 6.45) is 3.19. The smallest absolute Gasteiger partial charge is 0.253 e. The van der Waals surface area contributed by atoms with Crippen LogP contribution in [-0.4, -0.2) is 40.4 Å². The van der Waals surface area contributed by atoms with Crippen LogP contribution in [0, 0.1) is 0 Å². The lowest BCUT2D eigenvalue weighted by molar-refractivity contribution is 0.0793. The number of aromatic amines is 1. The number of nitrogens with zero attached hydrogens (tertiary/aromatic N) is 2. The lowest BCUT2D eigenvalue weighted by Gasteiger charge is -2.15. The number of H-pyrrole nitrogens is 1. The fourth-order valence-electron chi connectivity index (χ4n) is 3.26. The van der Waals surface area contributed by atoms with E-state index in [1.807, 2.05) is 29.2 Å². The first-order chi connectivity index (χ1) is 10.8. The molecular weight excluding hydrogens is 347 g/mol. The number of carbonyl (C=O) groups is 1. The summed E-state index contributed by atoms with van der Waals surface area (Å²) < 4.78 is 0. The standard InChI is InChI=1S/C17H20N4O.2ClH/c22-17(21-8-1-2-9-21)13-5-3-4-12(10-13)16-19-14-6-7-18-11-15(14)20-16;;/h3-5,10,18H,1-2,6-9,11H2,(H,19,20);2*1H. The summed E-state index contributed by atoms with van der Waals surface area (Å²) in [7, 11) is 0. The van der Waals surface area contributed by atoms with Gasteiger partial charge >= 0.3 is 0 Å². The van der Waals surface area contributed by atoms with Crippen LogP contribution >= 0.6 is 24.8 Å². The van der Waals surface area contributed by atoms with E-state index < -0.39 is 0 Å². The topological polar surface area (TPSA) is 61.0 Å². The number of fused-ring (bicyclic) bond motifs is 1. The molecule has 2 aromatic rings. The van der Waals surface area contributed by atoms with E-state index in [-0.39, 0.29) is 30.7 Å². The maximum atomic E-state index is 12.5. The van der Waals surface area contributed by atoms with Gasteiger partial charge in [-0.3, -0.25) is 4.79 Å². The summed E-state index contributed by atoms with van der Waals surface area (Å²) in [6.45, 7) is 3.58. The van der Waals surface area contributed by atoms with Crippen LogP contribution in [-0.2, 0) is 13.0 Å². The lowest BCUT2D eigenvalue weighted by Crippen LogP contribution is -2.27. The van der Waals surface area contributed by atoms with Gasteiger partial charge in [0.05, 0.1) is 11.4 Å². The molecular formula is C17H22Cl2N4O. The molecule has 0 aliphatic carbocycles. The quantitative estimate of drug-likeness (QED) is 0.856. The molecule has 1 amide bonds. The minimum Gasteiger partial charge on any atom is -0.341 e. The molecule has 2 aliphatic heterocycles. The fraction of sp³-hybridized carbons (Fsp3) is 0.412. The number of hydrogen-bond acceptors (Lipinski definition) is 3. The molecule has 1 aromatic heterocycles. The van der Waals surface area contributed by atoms with Crippen molar-refractivity contribution in [1.29, 1.82) is 0 Å². The van der Waals surface area contributed by atoms with Gasteiger partial charge in [-0.15, -0.1) is 24.8 Å². The predicted octanol–water partition coefficient (Wildman–Crippen LogP) is 2.80. The maximum absolute atomic E-state index is 12.5. The van der Waals surface area contributed by atoms with Crippen molar-refractivity contribution in [3.05, 3.63) is 41.2 Å². The Labute approximate surface area is 154 Å². The number of halogens is 2. The molecule has 1 fully saturated rings. The number of amides is 1. The van der Waals surface area contributed by atoms with Gasteiger partial charge in [-0.05, 0) is 25.0 Å². The molecule has 3 heterocycles. The van der Waals surface area contributed by atoms with Crippen LogP contribution in [0.3, 0.4) is 0 Å². The number of benzene rings is 1. The van der Waals surface area contributed by atoms with Crippen molar-refractivity contribution in [2.75, 3.05) is 19.6 Å². The van der Waals surface area contributed by atoms with Crippen LogP contribution in [0.4, 0.5) is 0 Å². The monoisotopic (exact) mass is 368 g/mol. The Morgan fingerprint density at radius 3 is 2.71 bits per heavy atom. The molecule has 130 valence electrons. The number of nitrogens with one attached hydrogen (secondary N) is 2. The highest BCUT2D eigenvalue weighted by molar-refractivity contribution is 5.95.